The van der Waals surface area contributed by atoms with Crippen LogP contribution in [0.15, 0.2) is 18.2 Å². The summed E-state index contributed by atoms with van der Waals surface area (Å²) in [4.78, 5) is 42.4. The van der Waals surface area contributed by atoms with Crippen LogP contribution in [0.3, 0.4) is 0 Å². The van der Waals surface area contributed by atoms with Crippen molar-refractivity contribution >= 4 is 23.4 Å². The molecule has 0 bridgehead atoms. The summed E-state index contributed by atoms with van der Waals surface area (Å²) in [6.45, 7) is 5.84. The molecule has 2 saturated heterocycles. The molecule has 2 unspecified atom stereocenters. The minimum Gasteiger partial charge on any atom is -0.362 e. The normalized spacial score (nSPS) is 25.7. The van der Waals surface area contributed by atoms with Gasteiger partial charge in [-0.1, -0.05) is 18.9 Å². The Bertz CT molecular complexity index is 847. The summed E-state index contributed by atoms with van der Waals surface area (Å²) >= 11 is 0. The lowest BCUT2D eigenvalue weighted by Gasteiger charge is -2.40. The second-order valence-corrected chi connectivity index (χ2v) is 8.96. The van der Waals surface area contributed by atoms with Crippen molar-refractivity contribution in [1.29, 1.82) is 0 Å². The number of nitrogens with zero attached hydrogens (tertiary/aromatic N) is 2. The van der Waals surface area contributed by atoms with Crippen LogP contribution in [-0.2, 0) is 9.59 Å². The van der Waals surface area contributed by atoms with E-state index in [9.17, 15) is 14.4 Å². The fourth-order valence-electron chi connectivity index (χ4n) is 4.91. The molecular formula is C23H32N4O3. The number of fused-ring (bicyclic) bond motifs is 1. The molecule has 2 atom stereocenters. The van der Waals surface area contributed by atoms with Crippen LogP contribution in [-0.4, -0.2) is 58.9 Å². The number of carbonyl (C=O) groups excluding carboxylic acids is 3. The number of carbonyl (C=O) groups is 3. The van der Waals surface area contributed by atoms with Gasteiger partial charge in [-0.05, 0) is 50.8 Å². The Morgan fingerprint density at radius 2 is 1.77 bits per heavy atom. The van der Waals surface area contributed by atoms with E-state index < -0.39 is 11.7 Å². The summed E-state index contributed by atoms with van der Waals surface area (Å²) in [5.41, 5.74) is 1.86. The molecule has 1 aromatic rings. The van der Waals surface area contributed by atoms with Crippen LogP contribution in [0.5, 0.6) is 0 Å². The van der Waals surface area contributed by atoms with Crippen LogP contribution in [0.2, 0.25) is 0 Å². The zero-order valence-electron chi connectivity index (χ0n) is 18.0. The fraction of sp³-hybridized carbons (Fsp3) is 0.609. The maximum atomic E-state index is 13.1. The summed E-state index contributed by atoms with van der Waals surface area (Å²) in [5.74, 6) is -0.0882. The summed E-state index contributed by atoms with van der Waals surface area (Å²) in [6, 6.07) is 5.26. The first-order chi connectivity index (χ1) is 14.4. The molecule has 30 heavy (non-hydrogen) atoms. The molecule has 3 amide bonds. The van der Waals surface area contributed by atoms with Gasteiger partial charge in [0.15, 0.2) is 0 Å². The first-order valence-electron chi connectivity index (χ1n) is 11.2. The molecule has 4 rings (SSSR count). The lowest BCUT2D eigenvalue weighted by atomic mass is 9.94. The molecule has 0 aliphatic carbocycles. The smallest absolute Gasteiger partial charge is 0.255 e. The van der Waals surface area contributed by atoms with E-state index >= 15 is 0 Å². The Morgan fingerprint density at radius 3 is 2.50 bits per heavy atom. The van der Waals surface area contributed by atoms with Gasteiger partial charge in [0.05, 0.1) is 5.56 Å². The minimum atomic E-state index is -0.659. The van der Waals surface area contributed by atoms with Crippen molar-refractivity contribution in [3.8, 4) is 0 Å². The Morgan fingerprint density at radius 1 is 1.03 bits per heavy atom. The maximum Gasteiger partial charge on any atom is 0.255 e. The molecule has 0 radical (unpaired) electrons. The van der Waals surface area contributed by atoms with E-state index in [-0.39, 0.29) is 17.7 Å². The minimum absolute atomic E-state index is 0.0198. The van der Waals surface area contributed by atoms with E-state index in [0.717, 1.165) is 50.0 Å². The predicted molar refractivity (Wildman–Crippen MR) is 115 cm³/mol. The molecule has 2 N–H and O–H groups in total. The van der Waals surface area contributed by atoms with Gasteiger partial charge in [-0.2, -0.15) is 0 Å². The summed E-state index contributed by atoms with van der Waals surface area (Å²) < 4.78 is 0. The average molecular weight is 413 g/mol. The predicted octanol–water partition coefficient (Wildman–Crippen LogP) is 2.65. The molecule has 1 spiro atoms. The lowest BCUT2D eigenvalue weighted by molar-refractivity contribution is -0.144. The van der Waals surface area contributed by atoms with Gasteiger partial charge < -0.3 is 20.4 Å². The molecular weight excluding hydrogens is 380 g/mol. The van der Waals surface area contributed by atoms with Crippen LogP contribution in [0.25, 0.3) is 0 Å². The van der Waals surface area contributed by atoms with E-state index in [1.165, 1.54) is 0 Å². The number of nitrogens with one attached hydrogen (secondary N) is 2. The standard InChI is InChI=1S/C23H32N4O3/c1-16-7-8-18-19(15-16)24-23(25-21(18)29)10-9-20(28)27(14-11-23)17(2)22(30)26-12-5-3-4-6-13-26/h7-8,15,17,24H,3-6,9-14H2,1-2H3,(H,25,29). The fourth-order valence-corrected chi connectivity index (χ4v) is 4.91. The third kappa shape index (κ3) is 4.02. The summed E-state index contributed by atoms with van der Waals surface area (Å²) in [6.07, 6.45) is 5.76. The van der Waals surface area contributed by atoms with Gasteiger partial charge in [-0.15, -0.1) is 0 Å². The van der Waals surface area contributed by atoms with Gasteiger partial charge in [-0.25, -0.2) is 0 Å². The number of hydrogen-bond acceptors (Lipinski definition) is 4. The molecule has 0 saturated carbocycles. The lowest BCUT2D eigenvalue weighted by Crippen LogP contribution is -2.58. The molecule has 3 aliphatic rings. The van der Waals surface area contributed by atoms with Gasteiger partial charge in [0.25, 0.3) is 5.91 Å². The summed E-state index contributed by atoms with van der Waals surface area (Å²) in [5, 5.41) is 6.60. The van der Waals surface area contributed by atoms with Crippen molar-refractivity contribution in [3.63, 3.8) is 0 Å². The molecule has 2 fully saturated rings. The number of aryl methyl sites for hydroxylation is 1. The van der Waals surface area contributed by atoms with Crippen molar-refractivity contribution in [2.45, 2.75) is 70.5 Å². The Hall–Kier alpha value is -2.57. The van der Waals surface area contributed by atoms with Gasteiger partial charge in [0, 0.05) is 38.2 Å². The SMILES string of the molecule is Cc1ccc2c(c1)NC1(CCC(=O)N(C(C)C(=O)N3CCCCCC3)CC1)NC2=O. The third-order valence-electron chi connectivity index (χ3n) is 6.75. The van der Waals surface area contributed by atoms with Gasteiger partial charge >= 0.3 is 0 Å². The topological polar surface area (TPSA) is 81.8 Å². The van der Waals surface area contributed by atoms with Crippen molar-refractivity contribution < 1.29 is 14.4 Å². The van der Waals surface area contributed by atoms with Gasteiger partial charge in [0.2, 0.25) is 11.8 Å². The molecule has 7 heteroatoms. The van der Waals surface area contributed by atoms with Crippen LogP contribution in [0.4, 0.5) is 5.69 Å². The Kier molecular flexibility index (Phi) is 5.71. The maximum absolute atomic E-state index is 13.1. The van der Waals surface area contributed by atoms with Crippen LogP contribution in [0, 0.1) is 6.92 Å². The number of anilines is 1. The molecule has 0 aromatic heterocycles. The average Bonchev–Trinajstić information content (AvgIpc) is 3.07. The number of amides is 3. The van der Waals surface area contributed by atoms with E-state index in [0.29, 0.717) is 31.4 Å². The molecule has 3 aliphatic heterocycles. The molecule has 7 nitrogen and oxygen atoms in total. The summed E-state index contributed by atoms with van der Waals surface area (Å²) in [7, 11) is 0. The highest BCUT2D eigenvalue weighted by molar-refractivity contribution is 6.02. The van der Waals surface area contributed by atoms with Crippen molar-refractivity contribution in [3.05, 3.63) is 29.3 Å². The number of likely N-dealkylation sites (tertiary alicyclic amines) is 2. The molecule has 162 valence electrons. The quantitative estimate of drug-likeness (QED) is 0.782. The highest BCUT2D eigenvalue weighted by Crippen LogP contribution is 2.32. The second kappa shape index (κ2) is 8.28. The van der Waals surface area contributed by atoms with Crippen LogP contribution < -0.4 is 10.6 Å². The van der Waals surface area contributed by atoms with Gasteiger partial charge in [0.1, 0.15) is 11.7 Å². The highest BCUT2D eigenvalue weighted by Gasteiger charge is 2.42. The highest BCUT2D eigenvalue weighted by atomic mass is 16.2. The largest absolute Gasteiger partial charge is 0.362 e. The Balaban J connectivity index is 1.49. The first kappa shape index (κ1) is 20.7. The van der Waals surface area contributed by atoms with Crippen molar-refractivity contribution in [2.75, 3.05) is 25.0 Å². The van der Waals surface area contributed by atoms with Gasteiger partial charge in [-0.3, -0.25) is 14.4 Å². The Labute approximate surface area is 178 Å². The van der Waals surface area contributed by atoms with E-state index in [2.05, 4.69) is 10.6 Å². The van der Waals surface area contributed by atoms with E-state index in [4.69, 9.17) is 0 Å². The number of rotatable bonds is 2. The molecule has 3 heterocycles. The van der Waals surface area contributed by atoms with Crippen molar-refractivity contribution in [1.82, 2.24) is 15.1 Å². The zero-order chi connectivity index (χ0) is 21.3. The zero-order valence-corrected chi connectivity index (χ0v) is 18.0. The van der Waals surface area contributed by atoms with Crippen LogP contribution >= 0.6 is 0 Å². The van der Waals surface area contributed by atoms with E-state index in [1.807, 2.05) is 36.9 Å². The monoisotopic (exact) mass is 412 g/mol. The molecule has 1 aromatic carbocycles. The van der Waals surface area contributed by atoms with Crippen molar-refractivity contribution in [2.24, 2.45) is 0 Å². The third-order valence-corrected chi connectivity index (χ3v) is 6.75. The van der Waals surface area contributed by atoms with Crippen LogP contribution in [0.1, 0.15) is 67.8 Å². The second-order valence-electron chi connectivity index (χ2n) is 8.96. The first-order valence-corrected chi connectivity index (χ1v) is 11.2. The number of hydrogen-bond donors (Lipinski definition) is 2. The van der Waals surface area contributed by atoms with E-state index in [1.54, 1.807) is 4.90 Å². The number of benzene rings is 1.